The van der Waals surface area contributed by atoms with Crippen LogP contribution in [0.1, 0.15) is 11.5 Å². The number of aryl methyl sites for hydroxylation is 1. The van der Waals surface area contributed by atoms with Gasteiger partial charge in [-0.3, -0.25) is 4.98 Å². The molecule has 0 aliphatic heterocycles. The largest absolute Gasteiger partial charge is 0.441 e. The fourth-order valence-electron chi connectivity index (χ4n) is 2.59. The zero-order chi connectivity index (χ0) is 17.9. The van der Waals surface area contributed by atoms with E-state index in [1.54, 1.807) is 24.2 Å². The van der Waals surface area contributed by atoms with E-state index in [1.807, 2.05) is 61.0 Å². The lowest BCUT2D eigenvalue weighted by atomic mass is 10.2. The van der Waals surface area contributed by atoms with Gasteiger partial charge in [0.2, 0.25) is 5.89 Å². The van der Waals surface area contributed by atoms with Crippen molar-refractivity contribution in [3.05, 3.63) is 66.3 Å². The molecule has 26 heavy (non-hydrogen) atoms. The number of hydrogen-bond acceptors (Lipinski definition) is 6. The number of aromatic nitrogens is 5. The molecular formula is C19H17N5OS. The number of nitrogens with zero attached hydrogens (tertiary/aromatic N) is 5. The van der Waals surface area contributed by atoms with Crippen LogP contribution in [0.25, 0.3) is 22.8 Å². The molecule has 7 heteroatoms. The van der Waals surface area contributed by atoms with Gasteiger partial charge in [-0.15, -0.1) is 10.2 Å². The van der Waals surface area contributed by atoms with Gasteiger partial charge < -0.3 is 8.98 Å². The molecule has 0 bridgehead atoms. The molecule has 1 aromatic carbocycles. The van der Waals surface area contributed by atoms with Crippen molar-refractivity contribution in [1.29, 1.82) is 0 Å². The van der Waals surface area contributed by atoms with E-state index >= 15 is 0 Å². The van der Waals surface area contributed by atoms with E-state index in [9.17, 15) is 0 Å². The maximum absolute atomic E-state index is 5.82. The lowest BCUT2D eigenvalue weighted by Crippen LogP contribution is -1.95. The van der Waals surface area contributed by atoms with E-state index in [2.05, 4.69) is 20.2 Å². The summed E-state index contributed by atoms with van der Waals surface area (Å²) in [6, 6.07) is 13.8. The minimum Gasteiger partial charge on any atom is -0.441 e. The molecule has 3 aromatic heterocycles. The minimum absolute atomic E-state index is 0.646. The molecule has 0 saturated carbocycles. The van der Waals surface area contributed by atoms with E-state index in [0.29, 0.717) is 11.6 Å². The second-order valence-electron chi connectivity index (χ2n) is 5.78. The monoisotopic (exact) mass is 363 g/mol. The number of thioether (sulfide) groups is 1. The van der Waals surface area contributed by atoms with E-state index in [-0.39, 0.29) is 0 Å². The molecule has 4 aromatic rings. The molecule has 0 amide bonds. The fourth-order valence-corrected chi connectivity index (χ4v) is 3.50. The molecule has 4 rings (SSSR count). The third kappa shape index (κ3) is 3.25. The van der Waals surface area contributed by atoms with Crippen LogP contribution in [0.2, 0.25) is 0 Å². The molecular weight excluding hydrogens is 346 g/mol. The van der Waals surface area contributed by atoms with Crippen molar-refractivity contribution in [2.45, 2.75) is 17.8 Å². The molecule has 3 heterocycles. The molecule has 0 radical (unpaired) electrons. The summed E-state index contributed by atoms with van der Waals surface area (Å²) in [5.41, 5.74) is 2.84. The van der Waals surface area contributed by atoms with Gasteiger partial charge >= 0.3 is 0 Å². The van der Waals surface area contributed by atoms with Crippen molar-refractivity contribution in [3.63, 3.8) is 0 Å². The molecule has 0 aliphatic carbocycles. The Morgan fingerprint density at radius 1 is 1.04 bits per heavy atom. The highest BCUT2D eigenvalue weighted by Gasteiger charge is 2.15. The molecule has 0 unspecified atom stereocenters. The first kappa shape index (κ1) is 16.5. The summed E-state index contributed by atoms with van der Waals surface area (Å²) in [7, 11) is 1.95. The smallest absolute Gasteiger partial charge is 0.226 e. The number of benzene rings is 1. The summed E-state index contributed by atoms with van der Waals surface area (Å²) in [6.45, 7) is 1.94. The Labute approximate surface area is 155 Å². The predicted molar refractivity (Wildman–Crippen MR) is 100 cm³/mol. The Kier molecular flexibility index (Phi) is 4.53. The van der Waals surface area contributed by atoms with Crippen LogP contribution in [-0.4, -0.2) is 24.7 Å². The van der Waals surface area contributed by atoms with Crippen LogP contribution in [0, 0.1) is 6.92 Å². The van der Waals surface area contributed by atoms with Gasteiger partial charge in [0, 0.05) is 36.3 Å². The van der Waals surface area contributed by atoms with Crippen molar-refractivity contribution < 1.29 is 4.42 Å². The maximum atomic E-state index is 5.82. The normalized spacial score (nSPS) is 11.0. The summed E-state index contributed by atoms with van der Waals surface area (Å²) in [6.07, 6.45) is 3.53. The third-order valence-electron chi connectivity index (χ3n) is 4.01. The SMILES string of the molecule is Cc1oc(-c2ccccc2)nc1CSc1nnc(-c2cccnc2)n1C. The summed E-state index contributed by atoms with van der Waals surface area (Å²) in [5, 5.41) is 9.40. The highest BCUT2D eigenvalue weighted by molar-refractivity contribution is 7.98. The predicted octanol–water partition coefficient (Wildman–Crippen LogP) is 4.13. The highest BCUT2D eigenvalue weighted by Crippen LogP contribution is 2.28. The summed E-state index contributed by atoms with van der Waals surface area (Å²) in [5.74, 6) is 2.93. The van der Waals surface area contributed by atoms with Crippen LogP contribution in [0.3, 0.4) is 0 Å². The molecule has 130 valence electrons. The van der Waals surface area contributed by atoms with E-state index < -0.39 is 0 Å². The lowest BCUT2D eigenvalue weighted by Gasteiger charge is -2.02. The summed E-state index contributed by atoms with van der Waals surface area (Å²) in [4.78, 5) is 8.77. The van der Waals surface area contributed by atoms with Crippen molar-refractivity contribution in [2.75, 3.05) is 0 Å². The maximum Gasteiger partial charge on any atom is 0.226 e. The molecule has 0 atom stereocenters. The van der Waals surface area contributed by atoms with Crippen LogP contribution in [0.15, 0.2) is 64.4 Å². The van der Waals surface area contributed by atoms with Crippen molar-refractivity contribution >= 4 is 11.8 Å². The van der Waals surface area contributed by atoms with Gasteiger partial charge in [-0.25, -0.2) is 4.98 Å². The number of oxazole rings is 1. The molecule has 0 aliphatic rings. The van der Waals surface area contributed by atoms with Crippen LogP contribution in [0.5, 0.6) is 0 Å². The summed E-state index contributed by atoms with van der Waals surface area (Å²) < 4.78 is 7.79. The molecule has 0 N–H and O–H groups in total. The number of pyridine rings is 1. The first-order chi connectivity index (χ1) is 12.7. The Morgan fingerprint density at radius 3 is 2.62 bits per heavy atom. The van der Waals surface area contributed by atoms with Gasteiger partial charge in [0.1, 0.15) is 5.76 Å². The highest BCUT2D eigenvalue weighted by atomic mass is 32.2. The standard InChI is InChI=1S/C19H17N5OS/c1-13-16(21-18(25-13)14-7-4-3-5-8-14)12-26-19-23-22-17(24(19)2)15-9-6-10-20-11-15/h3-11H,12H2,1-2H3. The Hall–Kier alpha value is -2.93. The van der Waals surface area contributed by atoms with Crippen LogP contribution in [0.4, 0.5) is 0 Å². The Bertz CT molecular complexity index is 1010. The van der Waals surface area contributed by atoms with Gasteiger partial charge in [0.25, 0.3) is 0 Å². The number of hydrogen-bond donors (Lipinski definition) is 0. The average molecular weight is 363 g/mol. The molecule has 0 spiro atoms. The topological polar surface area (TPSA) is 69.6 Å². The van der Waals surface area contributed by atoms with Crippen molar-refractivity contribution in [2.24, 2.45) is 7.05 Å². The lowest BCUT2D eigenvalue weighted by molar-refractivity contribution is 0.540. The van der Waals surface area contributed by atoms with Crippen molar-refractivity contribution in [3.8, 4) is 22.8 Å². The summed E-state index contributed by atoms with van der Waals surface area (Å²) >= 11 is 1.58. The second-order valence-corrected chi connectivity index (χ2v) is 6.73. The van der Waals surface area contributed by atoms with E-state index in [1.165, 1.54) is 0 Å². The molecule has 0 saturated heterocycles. The van der Waals surface area contributed by atoms with Gasteiger partial charge in [0.05, 0.1) is 5.69 Å². The van der Waals surface area contributed by atoms with Gasteiger partial charge in [0.15, 0.2) is 11.0 Å². The fraction of sp³-hybridized carbons (Fsp3) is 0.158. The number of rotatable bonds is 5. The zero-order valence-electron chi connectivity index (χ0n) is 14.5. The van der Waals surface area contributed by atoms with Gasteiger partial charge in [-0.05, 0) is 31.2 Å². The van der Waals surface area contributed by atoms with Crippen LogP contribution in [-0.2, 0) is 12.8 Å². The third-order valence-corrected chi connectivity index (χ3v) is 5.04. The van der Waals surface area contributed by atoms with Gasteiger partial charge in [-0.1, -0.05) is 30.0 Å². The van der Waals surface area contributed by atoms with Crippen LogP contribution < -0.4 is 0 Å². The Morgan fingerprint density at radius 2 is 1.85 bits per heavy atom. The first-order valence-corrected chi connectivity index (χ1v) is 9.15. The van der Waals surface area contributed by atoms with Crippen LogP contribution >= 0.6 is 11.8 Å². The van der Waals surface area contributed by atoms with E-state index in [0.717, 1.165) is 33.6 Å². The molecule has 6 nitrogen and oxygen atoms in total. The molecule has 0 fully saturated rings. The second kappa shape index (κ2) is 7.13. The first-order valence-electron chi connectivity index (χ1n) is 8.16. The van der Waals surface area contributed by atoms with Crippen molar-refractivity contribution in [1.82, 2.24) is 24.7 Å². The average Bonchev–Trinajstić information content (AvgIpc) is 3.24. The minimum atomic E-state index is 0.646. The van der Waals surface area contributed by atoms with Gasteiger partial charge in [-0.2, -0.15) is 0 Å². The zero-order valence-corrected chi connectivity index (χ0v) is 15.3. The quantitative estimate of drug-likeness (QED) is 0.497. The van der Waals surface area contributed by atoms with E-state index in [4.69, 9.17) is 4.42 Å². The Balaban J connectivity index is 1.52.